The highest BCUT2D eigenvalue weighted by molar-refractivity contribution is 6.31. The molecule has 1 fully saturated rings. The zero-order chi connectivity index (χ0) is 16.5. The first kappa shape index (κ1) is 15.3. The highest BCUT2D eigenvalue weighted by atomic mass is 35.5. The third kappa shape index (κ3) is 2.81. The van der Waals surface area contributed by atoms with Crippen LogP contribution in [0.2, 0.25) is 5.02 Å². The van der Waals surface area contributed by atoms with Gasteiger partial charge in [-0.15, -0.1) is 5.10 Å². The van der Waals surface area contributed by atoms with E-state index in [1.165, 1.54) is 0 Å². The lowest BCUT2D eigenvalue weighted by Crippen LogP contribution is -3.12. The van der Waals surface area contributed by atoms with Crippen LogP contribution in [0.3, 0.4) is 0 Å². The fraction of sp³-hybridized carbons (Fsp3) is 0.375. The van der Waals surface area contributed by atoms with Gasteiger partial charge in [-0.2, -0.15) is 0 Å². The monoisotopic (exact) mass is 344 g/mol. The average molecular weight is 345 g/mol. The van der Waals surface area contributed by atoms with Crippen LogP contribution in [0, 0.1) is 0 Å². The standard InChI is InChI=1S/C16H18ClN7/c1-22-6-8-23(9-7-22)15-14-16(19-11-18-15)24(21-20-14)10-12-4-2-3-5-13(12)17/h2-5,11H,6-10H2,1H3/p+1. The maximum absolute atomic E-state index is 6.25. The predicted octanol–water partition coefficient (Wildman–Crippen LogP) is 0.258. The van der Waals surface area contributed by atoms with Crippen LogP contribution in [0.4, 0.5) is 5.82 Å². The van der Waals surface area contributed by atoms with Gasteiger partial charge in [0.1, 0.15) is 6.33 Å². The number of quaternary nitrogens is 1. The van der Waals surface area contributed by atoms with Crippen LogP contribution in [0.1, 0.15) is 5.56 Å². The largest absolute Gasteiger partial charge is 0.343 e. The molecule has 8 heteroatoms. The Bertz CT molecular complexity index is 855. The molecule has 1 aliphatic rings. The van der Waals surface area contributed by atoms with Crippen LogP contribution < -0.4 is 9.80 Å². The fourth-order valence-corrected chi connectivity index (χ4v) is 3.20. The summed E-state index contributed by atoms with van der Waals surface area (Å²) in [6, 6.07) is 7.75. The Morgan fingerprint density at radius 2 is 1.96 bits per heavy atom. The van der Waals surface area contributed by atoms with Gasteiger partial charge in [0, 0.05) is 5.02 Å². The van der Waals surface area contributed by atoms with Crippen LogP contribution in [-0.4, -0.2) is 58.2 Å². The molecule has 0 aliphatic carbocycles. The van der Waals surface area contributed by atoms with Gasteiger partial charge in [-0.25, -0.2) is 14.6 Å². The van der Waals surface area contributed by atoms with Gasteiger partial charge in [0.15, 0.2) is 17.0 Å². The van der Waals surface area contributed by atoms with Gasteiger partial charge in [-0.1, -0.05) is 35.0 Å². The van der Waals surface area contributed by atoms with Crippen molar-refractivity contribution >= 4 is 28.6 Å². The summed E-state index contributed by atoms with van der Waals surface area (Å²) in [5, 5.41) is 9.33. The predicted molar refractivity (Wildman–Crippen MR) is 92.5 cm³/mol. The molecule has 4 rings (SSSR count). The number of benzene rings is 1. The molecular formula is C16H19ClN7+. The number of nitrogens with zero attached hydrogens (tertiary/aromatic N) is 6. The molecule has 3 heterocycles. The topological polar surface area (TPSA) is 64.2 Å². The van der Waals surface area contributed by atoms with Crippen molar-refractivity contribution in [3.63, 3.8) is 0 Å². The van der Waals surface area contributed by atoms with Gasteiger partial charge >= 0.3 is 0 Å². The minimum atomic E-state index is 0.541. The molecule has 2 aromatic heterocycles. The van der Waals surface area contributed by atoms with Crippen molar-refractivity contribution in [2.75, 3.05) is 38.1 Å². The first-order valence-corrected chi connectivity index (χ1v) is 8.44. The van der Waals surface area contributed by atoms with E-state index in [-0.39, 0.29) is 0 Å². The van der Waals surface area contributed by atoms with Crippen LogP contribution in [0.15, 0.2) is 30.6 Å². The van der Waals surface area contributed by atoms with Gasteiger partial charge in [0.25, 0.3) is 0 Å². The van der Waals surface area contributed by atoms with Crippen LogP contribution in [0.25, 0.3) is 11.2 Å². The van der Waals surface area contributed by atoms with E-state index in [1.54, 1.807) is 15.9 Å². The number of likely N-dealkylation sites (N-methyl/N-ethyl adjacent to an activating group) is 1. The van der Waals surface area contributed by atoms with Crippen molar-refractivity contribution in [2.24, 2.45) is 0 Å². The number of aromatic nitrogens is 5. The maximum atomic E-state index is 6.25. The smallest absolute Gasteiger partial charge is 0.184 e. The number of anilines is 1. The van der Waals surface area contributed by atoms with Gasteiger partial charge in [0.05, 0.1) is 39.8 Å². The lowest BCUT2D eigenvalue weighted by Gasteiger charge is -2.30. The van der Waals surface area contributed by atoms with E-state index >= 15 is 0 Å². The number of rotatable bonds is 3. The van der Waals surface area contributed by atoms with Gasteiger partial charge in [-0.3, -0.25) is 0 Å². The summed E-state index contributed by atoms with van der Waals surface area (Å²) in [5.74, 6) is 0.873. The normalized spacial score (nSPS) is 16.0. The Balaban J connectivity index is 1.68. The van der Waals surface area contributed by atoms with E-state index < -0.39 is 0 Å². The van der Waals surface area contributed by atoms with Crippen LogP contribution in [-0.2, 0) is 6.54 Å². The summed E-state index contributed by atoms with van der Waals surface area (Å²) < 4.78 is 1.78. The highest BCUT2D eigenvalue weighted by Gasteiger charge is 2.22. The summed E-state index contributed by atoms with van der Waals surface area (Å²) in [6.07, 6.45) is 1.59. The van der Waals surface area contributed by atoms with Crippen molar-refractivity contribution in [1.82, 2.24) is 25.0 Å². The molecule has 1 saturated heterocycles. The van der Waals surface area contributed by atoms with E-state index in [0.717, 1.165) is 53.7 Å². The number of fused-ring (bicyclic) bond motifs is 1. The summed E-state index contributed by atoms with van der Waals surface area (Å²) in [4.78, 5) is 12.7. The molecule has 0 unspecified atom stereocenters. The maximum Gasteiger partial charge on any atom is 0.184 e. The number of halogens is 1. The van der Waals surface area contributed by atoms with Gasteiger partial charge < -0.3 is 9.80 Å². The molecule has 0 amide bonds. The SMILES string of the molecule is C[NH+]1CCN(c2ncnc3c2nnn3Cc2ccccc2Cl)CC1. The molecule has 1 aliphatic heterocycles. The molecule has 1 aromatic carbocycles. The van der Waals surface area contributed by atoms with Crippen molar-refractivity contribution in [1.29, 1.82) is 0 Å². The number of hydrogen-bond donors (Lipinski definition) is 1. The first-order chi connectivity index (χ1) is 11.7. The molecule has 3 aromatic rings. The molecule has 7 nitrogen and oxygen atoms in total. The molecular weight excluding hydrogens is 326 g/mol. The lowest BCUT2D eigenvalue weighted by atomic mass is 10.2. The summed E-state index contributed by atoms with van der Waals surface area (Å²) in [7, 11) is 2.22. The Morgan fingerprint density at radius 1 is 1.17 bits per heavy atom. The van der Waals surface area contributed by atoms with E-state index in [1.807, 2.05) is 24.3 Å². The minimum absolute atomic E-state index is 0.541. The molecule has 0 atom stereocenters. The van der Waals surface area contributed by atoms with E-state index in [4.69, 9.17) is 11.6 Å². The van der Waals surface area contributed by atoms with E-state index in [2.05, 4.69) is 32.2 Å². The minimum Gasteiger partial charge on any atom is -0.343 e. The Hall–Kier alpha value is -2.25. The first-order valence-electron chi connectivity index (χ1n) is 8.06. The molecule has 1 N–H and O–H groups in total. The Labute approximate surface area is 144 Å². The number of nitrogens with one attached hydrogen (secondary N) is 1. The second kappa shape index (κ2) is 6.33. The van der Waals surface area contributed by atoms with Crippen molar-refractivity contribution < 1.29 is 4.90 Å². The average Bonchev–Trinajstić information content (AvgIpc) is 3.01. The van der Waals surface area contributed by atoms with E-state index in [9.17, 15) is 0 Å². The fourth-order valence-electron chi connectivity index (χ4n) is 3.01. The van der Waals surface area contributed by atoms with Crippen molar-refractivity contribution in [3.05, 3.63) is 41.2 Å². The zero-order valence-electron chi connectivity index (χ0n) is 13.5. The van der Waals surface area contributed by atoms with Gasteiger partial charge in [0.2, 0.25) is 0 Å². The quantitative estimate of drug-likeness (QED) is 0.738. The molecule has 0 spiro atoms. The van der Waals surface area contributed by atoms with E-state index in [0.29, 0.717) is 6.54 Å². The Morgan fingerprint density at radius 3 is 2.75 bits per heavy atom. The third-order valence-corrected chi connectivity index (χ3v) is 4.84. The second-order valence-corrected chi connectivity index (χ2v) is 6.56. The summed E-state index contributed by atoms with van der Waals surface area (Å²) >= 11 is 6.25. The lowest BCUT2D eigenvalue weighted by molar-refractivity contribution is -0.880. The molecule has 0 bridgehead atoms. The molecule has 0 saturated carbocycles. The van der Waals surface area contributed by atoms with Gasteiger partial charge in [-0.05, 0) is 11.6 Å². The highest BCUT2D eigenvalue weighted by Crippen LogP contribution is 2.22. The summed E-state index contributed by atoms with van der Waals surface area (Å²) in [5.41, 5.74) is 2.49. The zero-order valence-corrected chi connectivity index (χ0v) is 14.2. The Kier molecular flexibility index (Phi) is 4.03. The molecule has 0 radical (unpaired) electrons. The second-order valence-electron chi connectivity index (χ2n) is 6.15. The van der Waals surface area contributed by atoms with Crippen LogP contribution in [0.5, 0.6) is 0 Å². The third-order valence-electron chi connectivity index (χ3n) is 4.48. The number of piperazine rings is 1. The summed E-state index contributed by atoms with van der Waals surface area (Å²) in [6.45, 7) is 4.67. The van der Waals surface area contributed by atoms with Crippen LogP contribution >= 0.6 is 11.6 Å². The molecule has 24 heavy (non-hydrogen) atoms. The molecule has 124 valence electrons. The van der Waals surface area contributed by atoms with Crippen molar-refractivity contribution in [3.8, 4) is 0 Å². The van der Waals surface area contributed by atoms with Crippen molar-refractivity contribution in [2.45, 2.75) is 6.54 Å². The number of hydrogen-bond acceptors (Lipinski definition) is 5.